The molecule has 1 N–H and O–H groups in total. The smallest absolute Gasteiger partial charge is 0.274 e. The Kier molecular flexibility index (Phi) is 6.39. The van der Waals surface area contributed by atoms with E-state index in [1.54, 1.807) is 30.5 Å². The molecule has 172 valence electrons. The van der Waals surface area contributed by atoms with Crippen LogP contribution in [0.25, 0.3) is 22.0 Å². The first-order valence-corrected chi connectivity index (χ1v) is 12.4. The number of aromatic hydroxyl groups is 1. The Morgan fingerprint density at radius 2 is 1.88 bits per heavy atom. The number of halogens is 1. The van der Waals surface area contributed by atoms with Crippen molar-refractivity contribution in [3.63, 3.8) is 0 Å². The quantitative estimate of drug-likeness (QED) is 0.318. The van der Waals surface area contributed by atoms with E-state index in [4.69, 9.17) is 14.2 Å². The van der Waals surface area contributed by atoms with Crippen LogP contribution in [-0.4, -0.2) is 43.3 Å². The second-order valence-electron chi connectivity index (χ2n) is 6.94. The number of nitrogens with zero attached hydrogens (tertiary/aromatic N) is 2. The molecule has 8 nitrogen and oxygen atoms in total. The summed E-state index contributed by atoms with van der Waals surface area (Å²) in [5.41, 5.74) is 1.11. The molecule has 0 spiro atoms. The summed E-state index contributed by atoms with van der Waals surface area (Å²) in [6.07, 6.45) is 1.58. The van der Waals surface area contributed by atoms with Crippen LogP contribution in [0.1, 0.15) is 6.92 Å². The van der Waals surface area contributed by atoms with Gasteiger partial charge >= 0.3 is 0 Å². The molecule has 2 heterocycles. The van der Waals surface area contributed by atoms with Gasteiger partial charge in [0.15, 0.2) is 0 Å². The first-order chi connectivity index (χ1) is 15.8. The molecule has 10 heteroatoms. The molecule has 2 aromatic carbocycles. The molecule has 0 aliphatic heterocycles. The number of fused-ring (bicyclic) bond motifs is 1. The van der Waals surface area contributed by atoms with E-state index < -0.39 is 15.9 Å². The third-order valence-corrected chi connectivity index (χ3v) is 7.49. The Morgan fingerprint density at radius 3 is 2.58 bits per heavy atom. The van der Waals surface area contributed by atoms with Gasteiger partial charge in [0, 0.05) is 21.2 Å². The van der Waals surface area contributed by atoms with E-state index in [9.17, 15) is 13.5 Å². The Hall–Kier alpha value is -2.99. The van der Waals surface area contributed by atoms with Crippen LogP contribution in [0, 0.1) is 3.57 Å². The summed E-state index contributed by atoms with van der Waals surface area (Å²) >= 11 is 2.14. The lowest BCUT2D eigenvalue weighted by Crippen LogP contribution is -2.13. The van der Waals surface area contributed by atoms with Gasteiger partial charge in [0.05, 0.1) is 37.5 Å². The maximum Gasteiger partial charge on any atom is 0.274 e. The zero-order valence-electron chi connectivity index (χ0n) is 18.1. The highest BCUT2D eigenvalue weighted by molar-refractivity contribution is 14.1. The second kappa shape index (κ2) is 9.10. The van der Waals surface area contributed by atoms with Crippen molar-refractivity contribution in [1.82, 2.24) is 8.96 Å². The van der Waals surface area contributed by atoms with Crippen molar-refractivity contribution in [2.75, 3.05) is 20.8 Å². The molecular formula is C23H21IN2O6S. The van der Waals surface area contributed by atoms with Gasteiger partial charge < -0.3 is 19.3 Å². The summed E-state index contributed by atoms with van der Waals surface area (Å²) < 4.78 is 45.6. The van der Waals surface area contributed by atoms with Gasteiger partial charge in [-0.2, -0.15) is 0 Å². The van der Waals surface area contributed by atoms with Crippen LogP contribution in [0.5, 0.6) is 23.3 Å². The molecule has 0 saturated carbocycles. The van der Waals surface area contributed by atoms with Crippen molar-refractivity contribution >= 4 is 43.5 Å². The summed E-state index contributed by atoms with van der Waals surface area (Å²) in [5, 5.41) is 11.9. The Bertz CT molecular complexity index is 1450. The van der Waals surface area contributed by atoms with E-state index in [2.05, 4.69) is 27.6 Å². The van der Waals surface area contributed by atoms with Crippen LogP contribution in [-0.2, 0) is 10.0 Å². The highest BCUT2D eigenvalue weighted by Gasteiger charge is 2.31. The van der Waals surface area contributed by atoms with Crippen molar-refractivity contribution in [3.8, 4) is 34.4 Å². The first-order valence-electron chi connectivity index (χ1n) is 9.92. The molecule has 0 radical (unpaired) electrons. The van der Waals surface area contributed by atoms with Crippen LogP contribution < -0.4 is 14.2 Å². The van der Waals surface area contributed by atoms with Crippen molar-refractivity contribution in [3.05, 3.63) is 58.3 Å². The number of pyridine rings is 1. The number of benzene rings is 2. The predicted octanol–water partition coefficient (Wildman–Crippen LogP) is 4.67. The first kappa shape index (κ1) is 23.2. The summed E-state index contributed by atoms with van der Waals surface area (Å²) in [4.78, 5) is 4.15. The van der Waals surface area contributed by atoms with Gasteiger partial charge in [-0.3, -0.25) is 0 Å². The maximum absolute atomic E-state index is 13.8. The minimum Gasteiger partial charge on any atom is -0.497 e. The lowest BCUT2D eigenvalue weighted by Gasteiger charge is -2.14. The zero-order valence-corrected chi connectivity index (χ0v) is 21.0. The maximum atomic E-state index is 13.8. The topological polar surface area (TPSA) is 99.9 Å². The van der Waals surface area contributed by atoms with Gasteiger partial charge in [-0.1, -0.05) is 0 Å². The van der Waals surface area contributed by atoms with Crippen molar-refractivity contribution < 1.29 is 27.7 Å². The largest absolute Gasteiger partial charge is 0.497 e. The van der Waals surface area contributed by atoms with Crippen molar-refractivity contribution in [1.29, 1.82) is 0 Å². The highest BCUT2D eigenvalue weighted by Crippen LogP contribution is 2.45. The fourth-order valence-electron chi connectivity index (χ4n) is 3.65. The van der Waals surface area contributed by atoms with Gasteiger partial charge in [0.25, 0.3) is 10.0 Å². The van der Waals surface area contributed by atoms with E-state index in [0.29, 0.717) is 40.3 Å². The molecule has 2 aromatic heterocycles. The number of hydrogen-bond donors (Lipinski definition) is 1. The molecule has 0 aliphatic rings. The molecule has 0 amide bonds. The highest BCUT2D eigenvalue weighted by atomic mass is 127. The van der Waals surface area contributed by atoms with Crippen molar-refractivity contribution in [2.45, 2.75) is 11.8 Å². The summed E-state index contributed by atoms with van der Waals surface area (Å²) in [5.74, 6) is 0.393. The second-order valence-corrected chi connectivity index (χ2v) is 9.94. The van der Waals surface area contributed by atoms with Gasteiger partial charge in [-0.25, -0.2) is 17.4 Å². The number of rotatable bonds is 7. The molecular weight excluding hydrogens is 559 g/mol. The lowest BCUT2D eigenvalue weighted by atomic mass is 10.1. The van der Waals surface area contributed by atoms with Crippen LogP contribution >= 0.6 is 22.6 Å². The van der Waals surface area contributed by atoms with E-state index in [1.165, 1.54) is 32.4 Å². The van der Waals surface area contributed by atoms with Gasteiger partial charge in [0.1, 0.15) is 16.4 Å². The fourth-order valence-corrected chi connectivity index (χ4v) is 5.71. The average molecular weight is 580 g/mol. The molecule has 0 aliphatic carbocycles. The van der Waals surface area contributed by atoms with E-state index >= 15 is 0 Å². The summed E-state index contributed by atoms with van der Waals surface area (Å²) in [6.45, 7) is 2.19. The minimum atomic E-state index is -4.27. The molecule has 0 fully saturated rings. The fraction of sp³-hybridized carbons (Fsp3) is 0.174. The van der Waals surface area contributed by atoms with Crippen molar-refractivity contribution in [2.24, 2.45) is 0 Å². The standard InChI is InChI=1S/C23H21IN2O6S/c1-4-32-22-16(6-5-11-25-22)21-17-12-14(24)7-9-18(17)26(23(21)27)33(28,29)20-10-8-15(30-2)13-19(20)31-3/h5-13,27H,4H2,1-3H3. The van der Waals surface area contributed by atoms with Crippen LogP contribution in [0.2, 0.25) is 0 Å². The monoisotopic (exact) mass is 580 g/mol. The Labute approximate surface area is 204 Å². The SMILES string of the molecule is CCOc1ncccc1-c1c(O)n(S(=O)(=O)c2ccc(OC)cc2OC)c2ccc(I)cc12. The van der Waals surface area contributed by atoms with E-state index in [1.807, 2.05) is 13.0 Å². The number of hydrogen-bond acceptors (Lipinski definition) is 7. The summed E-state index contributed by atoms with van der Waals surface area (Å²) in [7, 11) is -1.41. The molecule has 0 unspecified atom stereocenters. The Balaban J connectivity index is 2.06. The van der Waals surface area contributed by atoms with Crippen LogP contribution in [0.3, 0.4) is 0 Å². The molecule has 0 saturated heterocycles. The van der Waals surface area contributed by atoms with Crippen LogP contribution in [0.15, 0.2) is 59.6 Å². The molecule has 0 bridgehead atoms. The molecule has 4 aromatic rings. The number of methoxy groups -OCH3 is 2. The zero-order chi connectivity index (χ0) is 23.8. The average Bonchev–Trinajstić information content (AvgIpc) is 3.10. The molecule has 33 heavy (non-hydrogen) atoms. The van der Waals surface area contributed by atoms with Gasteiger partial charge in [-0.05, 0) is 72.0 Å². The van der Waals surface area contributed by atoms with E-state index in [0.717, 1.165) is 7.54 Å². The van der Waals surface area contributed by atoms with Gasteiger partial charge in [0.2, 0.25) is 11.8 Å². The molecule has 4 rings (SSSR count). The minimum absolute atomic E-state index is 0.0963. The van der Waals surface area contributed by atoms with E-state index in [-0.39, 0.29) is 10.6 Å². The predicted molar refractivity (Wildman–Crippen MR) is 133 cm³/mol. The lowest BCUT2D eigenvalue weighted by molar-refractivity contribution is 0.328. The van der Waals surface area contributed by atoms with Crippen LogP contribution in [0.4, 0.5) is 0 Å². The number of aromatic nitrogens is 2. The number of ether oxygens (including phenoxy) is 3. The Morgan fingerprint density at radius 1 is 1.09 bits per heavy atom. The normalized spacial score (nSPS) is 11.5. The summed E-state index contributed by atoms with van der Waals surface area (Å²) in [6, 6.07) is 13.1. The van der Waals surface area contributed by atoms with Gasteiger partial charge in [-0.15, -0.1) is 0 Å². The third kappa shape index (κ3) is 3.97. The third-order valence-electron chi connectivity index (χ3n) is 5.07. The molecule has 0 atom stereocenters.